The average Bonchev–Trinajstić information content (AvgIpc) is 2.69. The van der Waals surface area contributed by atoms with Crippen LogP contribution in [0.15, 0.2) is 48.5 Å². The fourth-order valence-electron chi connectivity index (χ4n) is 4.98. The van der Waals surface area contributed by atoms with Crippen LogP contribution in [0.4, 0.5) is 0 Å². The largest absolute Gasteiger partial charge is 0.130 e. The van der Waals surface area contributed by atoms with Gasteiger partial charge < -0.3 is 0 Å². The van der Waals surface area contributed by atoms with Gasteiger partial charge in [-0.25, -0.2) is 0 Å². The highest BCUT2D eigenvalue weighted by Gasteiger charge is 2.59. The maximum atomic E-state index is 2.45. The zero-order chi connectivity index (χ0) is 15.5. The molecule has 0 saturated carbocycles. The van der Waals surface area contributed by atoms with E-state index in [0.717, 1.165) is 0 Å². The Morgan fingerprint density at radius 2 is 0.905 bits per heavy atom. The molecular weight excluding hydrogens is 268 g/mol. The molecule has 0 unspecified atom stereocenters. The minimum absolute atomic E-state index is 0.286. The van der Waals surface area contributed by atoms with Crippen LogP contribution in [0.25, 0.3) is 11.1 Å². The van der Waals surface area contributed by atoms with Crippen LogP contribution in [0.3, 0.4) is 0 Å². The fourth-order valence-corrected chi connectivity index (χ4v) is 12.7. The molecule has 1 heterocycles. The molecule has 0 nitrogen and oxygen atoms in total. The number of rotatable bonds is 0. The van der Waals surface area contributed by atoms with Crippen molar-refractivity contribution in [3.05, 3.63) is 48.5 Å². The normalized spacial score (nSPS) is 16.5. The first-order chi connectivity index (χ1) is 9.71. The van der Waals surface area contributed by atoms with Gasteiger partial charge in [-0.15, -0.1) is 0 Å². The second-order valence-electron chi connectivity index (χ2n) is 8.34. The molecule has 110 valence electrons. The molecule has 0 aliphatic carbocycles. The van der Waals surface area contributed by atoms with Gasteiger partial charge in [0.1, 0.15) is 8.07 Å². The predicted molar refractivity (Wildman–Crippen MR) is 96.3 cm³/mol. The van der Waals surface area contributed by atoms with Crippen LogP contribution >= 0.6 is 0 Å². The lowest BCUT2D eigenvalue weighted by Crippen LogP contribution is -2.67. The highest BCUT2D eigenvalue weighted by molar-refractivity contribution is 7.09. The lowest BCUT2D eigenvalue weighted by Gasteiger charge is -2.51. The van der Waals surface area contributed by atoms with Crippen LogP contribution in [-0.2, 0) is 0 Å². The van der Waals surface area contributed by atoms with E-state index < -0.39 is 8.07 Å². The summed E-state index contributed by atoms with van der Waals surface area (Å²) in [4.78, 5) is 0. The lowest BCUT2D eigenvalue weighted by molar-refractivity contribution is 0.638. The summed E-state index contributed by atoms with van der Waals surface area (Å²) in [6.07, 6.45) is 0. The summed E-state index contributed by atoms with van der Waals surface area (Å²) in [5.41, 5.74) is 2.95. The van der Waals surface area contributed by atoms with Crippen molar-refractivity contribution in [2.75, 3.05) is 0 Å². The van der Waals surface area contributed by atoms with Gasteiger partial charge in [0.05, 0.1) is 0 Å². The smallest absolute Gasteiger partial charge is 0.0623 e. The first-order valence-corrected chi connectivity index (χ1v) is 9.90. The highest BCUT2D eigenvalue weighted by Crippen LogP contribution is 2.54. The molecule has 0 radical (unpaired) electrons. The molecule has 2 aromatic rings. The Morgan fingerprint density at radius 1 is 0.571 bits per heavy atom. The van der Waals surface area contributed by atoms with Crippen LogP contribution in [0.5, 0.6) is 0 Å². The predicted octanol–water partition coefficient (Wildman–Crippen LogP) is 4.83. The van der Waals surface area contributed by atoms with Gasteiger partial charge in [0.25, 0.3) is 0 Å². The molecule has 0 fully saturated rings. The molecule has 1 aliphatic heterocycles. The van der Waals surface area contributed by atoms with E-state index in [0.29, 0.717) is 0 Å². The third-order valence-electron chi connectivity index (χ3n) is 5.20. The number of fused-ring (bicyclic) bond motifs is 3. The number of hydrogen-bond donors (Lipinski definition) is 0. The molecule has 1 aliphatic rings. The summed E-state index contributed by atoms with van der Waals surface area (Å²) in [5.74, 6) is 0. The van der Waals surface area contributed by atoms with E-state index in [4.69, 9.17) is 0 Å². The van der Waals surface area contributed by atoms with E-state index in [9.17, 15) is 0 Å². The average molecular weight is 295 g/mol. The van der Waals surface area contributed by atoms with Crippen LogP contribution < -0.4 is 10.4 Å². The van der Waals surface area contributed by atoms with Gasteiger partial charge in [0.15, 0.2) is 0 Å². The molecule has 0 aromatic heterocycles. The molecule has 0 bridgehead atoms. The molecule has 21 heavy (non-hydrogen) atoms. The Balaban J connectivity index is 2.51. The van der Waals surface area contributed by atoms with Crippen molar-refractivity contribution in [1.82, 2.24) is 0 Å². The second-order valence-corrected chi connectivity index (χ2v) is 13.9. The number of benzene rings is 2. The van der Waals surface area contributed by atoms with E-state index in [1.165, 1.54) is 11.1 Å². The van der Waals surface area contributed by atoms with Crippen molar-refractivity contribution in [2.24, 2.45) is 0 Å². The summed E-state index contributed by atoms with van der Waals surface area (Å²) in [5, 5.41) is 3.83. The quantitative estimate of drug-likeness (QED) is 0.610. The Bertz CT molecular complexity index is 622. The van der Waals surface area contributed by atoms with Crippen molar-refractivity contribution in [3.63, 3.8) is 0 Å². The zero-order valence-corrected chi connectivity index (χ0v) is 15.1. The first kappa shape index (κ1) is 14.6. The Labute approximate surface area is 130 Å². The topological polar surface area (TPSA) is 0 Å². The summed E-state index contributed by atoms with van der Waals surface area (Å²) in [6, 6.07) is 18.3. The molecular formula is C20H26Si. The maximum absolute atomic E-state index is 2.45. The van der Waals surface area contributed by atoms with E-state index in [2.05, 4.69) is 90.1 Å². The summed E-state index contributed by atoms with van der Waals surface area (Å²) >= 11 is 0. The minimum Gasteiger partial charge on any atom is -0.0623 e. The van der Waals surface area contributed by atoms with Crippen LogP contribution in [0.1, 0.15) is 41.5 Å². The van der Waals surface area contributed by atoms with Gasteiger partial charge in [-0.05, 0) is 31.6 Å². The van der Waals surface area contributed by atoms with Crippen molar-refractivity contribution in [2.45, 2.75) is 51.6 Å². The Morgan fingerprint density at radius 3 is 1.24 bits per heavy atom. The Hall–Kier alpha value is -1.34. The fraction of sp³-hybridized carbons (Fsp3) is 0.400. The molecule has 3 rings (SSSR count). The first-order valence-electron chi connectivity index (χ1n) is 7.90. The minimum atomic E-state index is -1.88. The molecule has 0 atom stereocenters. The summed E-state index contributed by atoms with van der Waals surface area (Å²) in [6.45, 7) is 14.7. The SMILES string of the molecule is CC(C)(C)[Si]1(C(C)(C)C)c2ccccc2-c2ccccc21. The second kappa shape index (κ2) is 4.33. The lowest BCUT2D eigenvalue weighted by atomic mass is 10.1. The van der Waals surface area contributed by atoms with Crippen LogP contribution in [0, 0.1) is 0 Å². The maximum Gasteiger partial charge on any atom is 0.130 e. The summed E-state index contributed by atoms with van der Waals surface area (Å²) < 4.78 is 0. The van der Waals surface area contributed by atoms with Gasteiger partial charge in [0, 0.05) is 0 Å². The Kier molecular flexibility index (Phi) is 3.01. The molecule has 0 N–H and O–H groups in total. The molecule has 0 saturated heterocycles. The summed E-state index contributed by atoms with van der Waals surface area (Å²) in [7, 11) is -1.88. The molecule has 1 heteroatoms. The van der Waals surface area contributed by atoms with Crippen molar-refractivity contribution in [3.8, 4) is 11.1 Å². The van der Waals surface area contributed by atoms with Gasteiger partial charge in [0.2, 0.25) is 0 Å². The third-order valence-corrected chi connectivity index (χ3v) is 12.2. The van der Waals surface area contributed by atoms with E-state index >= 15 is 0 Å². The molecule has 2 aromatic carbocycles. The monoisotopic (exact) mass is 294 g/mol. The van der Waals surface area contributed by atoms with Crippen LogP contribution in [-0.4, -0.2) is 8.07 Å². The van der Waals surface area contributed by atoms with Gasteiger partial charge in [-0.2, -0.15) is 0 Å². The van der Waals surface area contributed by atoms with Crippen molar-refractivity contribution >= 4 is 18.4 Å². The third kappa shape index (κ3) is 1.73. The van der Waals surface area contributed by atoms with Crippen molar-refractivity contribution in [1.29, 1.82) is 0 Å². The van der Waals surface area contributed by atoms with Gasteiger partial charge >= 0.3 is 0 Å². The van der Waals surface area contributed by atoms with Gasteiger partial charge in [-0.1, -0.05) is 90.1 Å². The van der Waals surface area contributed by atoms with E-state index in [1.807, 2.05) is 0 Å². The highest BCUT2D eigenvalue weighted by atomic mass is 28.3. The van der Waals surface area contributed by atoms with Crippen LogP contribution in [0.2, 0.25) is 10.1 Å². The van der Waals surface area contributed by atoms with Gasteiger partial charge in [-0.3, -0.25) is 0 Å². The van der Waals surface area contributed by atoms with E-state index in [1.54, 1.807) is 10.4 Å². The van der Waals surface area contributed by atoms with Crippen molar-refractivity contribution < 1.29 is 0 Å². The molecule has 0 spiro atoms. The zero-order valence-electron chi connectivity index (χ0n) is 14.1. The van der Waals surface area contributed by atoms with E-state index in [-0.39, 0.29) is 10.1 Å². The number of hydrogen-bond acceptors (Lipinski definition) is 0. The standard InChI is InChI=1S/C20H26Si/c1-19(2,3)21(20(4,5)6)17-13-9-7-11-15(17)16-12-8-10-14-18(16)21/h7-14H,1-6H3. The molecule has 0 amide bonds.